The lowest BCUT2D eigenvalue weighted by Crippen LogP contribution is -2.67. The maximum Gasteiger partial charge on any atom is 0.327 e. The number of aliphatic carboxylic acids is 1. The molecule has 128 valence electrons. The zero-order valence-electron chi connectivity index (χ0n) is 13.3. The van der Waals surface area contributed by atoms with Gasteiger partial charge in [-0.15, -0.1) is 11.8 Å². The Bertz CT molecular complexity index is 546. The Hall–Kier alpha value is -1.28. The van der Waals surface area contributed by atoms with E-state index in [1.807, 2.05) is 0 Å². The van der Waals surface area contributed by atoms with Gasteiger partial charge in [-0.2, -0.15) is 0 Å². The molecule has 2 amide bonds. The van der Waals surface area contributed by atoms with E-state index in [4.69, 9.17) is 0 Å². The van der Waals surface area contributed by atoms with Gasteiger partial charge in [0, 0.05) is 17.8 Å². The first-order valence-electron chi connectivity index (χ1n) is 7.95. The summed E-state index contributed by atoms with van der Waals surface area (Å²) >= 11 is 1.35. The number of thioether (sulfide) groups is 1. The minimum absolute atomic E-state index is 0.403. The third-order valence-electron chi connectivity index (χ3n) is 4.98. The van der Waals surface area contributed by atoms with Gasteiger partial charge in [0.2, 0.25) is 5.91 Å². The average Bonchev–Trinajstić information content (AvgIpc) is 2.75. The first-order valence-corrected chi connectivity index (χ1v) is 8.83. The summed E-state index contributed by atoms with van der Waals surface area (Å²) in [5.41, 5.74) is 0. The van der Waals surface area contributed by atoms with Gasteiger partial charge >= 0.3 is 5.97 Å². The molecule has 23 heavy (non-hydrogen) atoms. The van der Waals surface area contributed by atoms with E-state index in [9.17, 15) is 24.6 Å². The van der Waals surface area contributed by atoms with E-state index in [-0.39, 0.29) is 0 Å². The van der Waals surface area contributed by atoms with E-state index < -0.39 is 46.0 Å². The van der Waals surface area contributed by atoms with Gasteiger partial charge in [-0.1, -0.05) is 0 Å². The van der Waals surface area contributed by atoms with Gasteiger partial charge in [-0.05, 0) is 33.1 Å². The number of carboxylic acids is 1. The molecule has 3 heterocycles. The minimum atomic E-state index is -1.38. The van der Waals surface area contributed by atoms with Crippen LogP contribution in [0.25, 0.3) is 0 Å². The number of fused-ring (bicyclic) bond motifs is 1. The summed E-state index contributed by atoms with van der Waals surface area (Å²) in [7, 11) is 0. The van der Waals surface area contributed by atoms with Gasteiger partial charge in [0.1, 0.15) is 18.1 Å². The second-order valence-electron chi connectivity index (χ2n) is 6.95. The van der Waals surface area contributed by atoms with Crippen molar-refractivity contribution >= 4 is 29.5 Å². The van der Waals surface area contributed by atoms with Crippen molar-refractivity contribution in [3.05, 3.63) is 0 Å². The van der Waals surface area contributed by atoms with Crippen molar-refractivity contribution in [3.63, 3.8) is 0 Å². The fourth-order valence-corrected chi connectivity index (χ4v) is 5.50. The second kappa shape index (κ2) is 5.66. The van der Waals surface area contributed by atoms with Crippen molar-refractivity contribution in [2.24, 2.45) is 5.92 Å². The van der Waals surface area contributed by atoms with Gasteiger partial charge in [0.05, 0.1) is 5.37 Å². The zero-order valence-corrected chi connectivity index (χ0v) is 14.1. The Balaban J connectivity index is 1.74. The molecular weight excluding hydrogens is 320 g/mol. The molecule has 0 bridgehead atoms. The molecule has 0 aromatic heterocycles. The van der Waals surface area contributed by atoms with Crippen molar-refractivity contribution < 1.29 is 24.6 Å². The molecule has 0 unspecified atom stereocenters. The third-order valence-corrected chi connectivity index (χ3v) is 6.57. The van der Waals surface area contributed by atoms with Crippen LogP contribution < -0.4 is 0 Å². The molecule has 2 N–H and O–H groups in total. The van der Waals surface area contributed by atoms with Crippen LogP contribution in [0.15, 0.2) is 0 Å². The Morgan fingerprint density at radius 2 is 1.87 bits per heavy atom. The van der Waals surface area contributed by atoms with Gasteiger partial charge in [0.15, 0.2) is 0 Å². The number of carboxylic acid groups (broad SMARTS) is 1. The maximum absolute atomic E-state index is 12.4. The first-order chi connectivity index (χ1) is 10.8. The van der Waals surface area contributed by atoms with Crippen LogP contribution in [0.1, 0.15) is 33.1 Å². The van der Waals surface area contributed by atoms with E-state index in [1.54, 1.807) is 18.7 Å². The molecule has 0 saturated carbocycles. The van der Waals surface area contributed by atoms with Crippen molar-refractivity contribution in [1.82, 2.24) is 9.80 Å². The van der Waals surface area contributed by atoms with Crippen LogP contribution in [0.5, 0.6) is 0 Å². The van der Waals surface area contributed by atoms with Crippen molar-refractivity contribution in [2.75, 3.05) is 13.1 Å². The lowest BCUT2D eigenvalue weighted by Gasteiger charge is -2.45. The zero-order chi connectivity index (χ0) is 16.9. The number of aliphatic hydroxyl groups excluding tert-OH is 1. The number of carbonyl (C=O) groups excluding carboxylic acids is 2. The van der Waals surface area contributed by atoms with Crippen LogP contribution in [0.3, 0.4) is 0 Å². The summed E-state index contributed by atoms with van der Waals surface area (Å²) < 4.78 is -0.644. The molecule has 7 nitrogen and oxygen atoms in total. The fourth-order valence-electron chi connectivity index (χ4n) is 3.79. The van der Waals surface area contributed by atoms with E-state index in [2.05, 4.69) is 0 Å². The molecule has 3 rings (SSSR count). The molecule has 0 aromatic carbocycles. The molecule has 3 aliphatic heterocycles. The van der Waals surface area contributed by atoms with Crippen LogP contribution in [-0.2, 0) is 14.4 Å². The minimum Gasteiger partial charge on any atom is -0.480 e. The number of β-lactam (4-membered cyclic amide) rings is 1. The summed E-state index contributed by atoms with van der Waals surface area (Å²) in [5, 5.41) is 19.3. The normalized spacial score (nSPS) is 33.9. The first kappa shape index (κ1) is 16.6. The molecule has 3 saturated heterocycles. The van der Waals surface area contributed by atoms with E-state index in [1.165, 1.54) is 16.7 Å². The molecule has 0 aliphatic carbocycles. The molecule has 0 radical (unpaired) electrons. The van der Waals surface area contributed by atoms with Crippen molar-refractivity contribution in [1.29, 1.82) is 0 Å². The predicted molar refractivity (Wildman–Crippen MR) is 83.7 cm³/mol. The molecule has 8 heteroatoms. The largest absolute Gasteiger partial charge is 0.480 e. The lowest BCUT2D eigenvalue weighted by molar-refractivity contribution is -0.173. The number of carbonyl (C=O) groups is 3. The fraction of sp³-hybridized carbons (Fsp3) is 0.800. The summed E-state index contributed by atoms with van der Waals surface area (Å²) in [6, 6.07) is -0.918. The Morgan fingerprint density at radius 1 is 1.26 bits per heavy atom. The highest BCUT2D eigenvalue weighted by atomic mass is 32.2. The third kappa shape index (κ3) is 2.52. The van der Waals surface area contributed by atoms with E-state index >= 15 is 0 Å². The quantitative estimate of drug-likeness (QED) is 0.707. The SMILES string of the molecule is CC1(C)S[C@@H]2[C@H]([C@H](O)C(=O)N3CCCCC3)C(=O)N2[C@H]1C(=O)O. The number of piperidine rings is 1. The summed E-state index contributed by atoms with van der Waals surface area (Å²) in [6.07, 6.45) is 1.52. The van der Waals surface area contributed by atoms with Crippen LogP contribution >= 0.6 is 11.8 Å². The Labute approximate surface area is 139 Å². The monoisotopic (exact) mass is 342 g/mol. The highest BCUT2D eigenvalue weighted by Gasteiger charge is 2.66. The van der Waals surface area contributed by atoms with E-state index in [0.29, 0.717) is 13.1 Å². The van der Waals surface area contributed by atoms with Crippen molar-refractivity contribution in [3.8, 4) is 0 Å². The van der Waals surface area contributed by atoms with E-state index in [0.717, 1.165) is 19.3 Å². The molecule has 0 aromatic rings. The predicted octanol–water partition coefficient (Wildman–Crippen LogP) is 0.123. The molecule has 4 atom stereocenters. The number of hydrogen-bond acceptors (Lipinski definition) is 5. The van der Waals surface area contributed by atoms with Crippen LogP contribution in [-0.4, -0.2) is 73.2 Å². The molecule has 3 aliphatic rings. The number of hydrogen-bond donors (Lipinski definition) is 2. The van der Waals surface area contributed by atoms with Crippen molar-refractivity contribution in [2.45, 2.75) is 55.4 Å². The van der Waals surface area contributed by atoms with Gasteiger partial charge in [-0.25, -0.2) is 4.79 Å². The lowest BCUT2D eigenvalue weighted by atomic mass is 9.87. The van der Waals surface area contributed by atoms with Crippen LogP contribution in [0.4, 0.5) is 0 Å². The summed E-state index contributed by atoms with van der Waals surface area (Å²) in [6.45, 7) is 4.78. The number of nitrogens with zero attached hydrogens (tertiary/aromatic N) is 2. The van der Waals surface area contributed by atoms with Gasteiger partial charge in [-0.3, -0.25) is 9.59 Å². The average molecular weight is 342 g/mol. The summed E-state index contributed by atoms with van der Waals surface area (Å²) in [5.74, 6) is -2.72. The van der Waals surface area contributed by atoms with Gasteiger partial charge < -0.3 is 20.0 Å². The van der Waals surface area contributed by atoms with Gasteiger partial charge in [0.25, 0.3) is 5.91 Å². The number of rotatable bonds is 3. The standard InChI is InChI=1S/C15H22N2O5S/c1-15(2)10(14(21)22)17-11(19)8(13(17)23-15)9(18)12(20)16-6-4-3-5-7-16/h8-10,13,18H,3-7H2,1-2H3,(H,21,22)/t8-,9+,10+,13-/m1/s1. The smallest absolute Gasteiger partial charge is 0.327 e. The maximum atomic E-state index is 12.4. The molecular formula is C15H22N2O5S. The number of amides is 2. The summed E-state index contributed by atoms with van der Waals surface area (Å²) in [4.78, 5) is 39.2. The molecule has 0 spiro atoms. The second-order valence-corrected chi connectivity index (χ2v) is 8.73. The number of likely N-dealkylation sites (tertiary alicyclic amines) is 1. The van der Waals surface area contributed by atoms with Crippen LogP contribution in [0.2, 0.25) is 0 Å². The highest BCUT2D eigenvalue weighted by Crippen LogP contribution is 2.54. The molecule has 3 fully saturated rings. The highest BCUT2D eigenvalue weighted by molar-refractivity contribution is 8.01. The van der Waals surface area contributed by atoms with Crippen LogP contribution in [0, 0.1) is 5.92 Å². The number of aliphatic hydroxyl groups is 1. The topological polar surface area (TPSA) is 98.2 Å². The Morgan fingerprint density at radius 3 is 2.43 bits per heavy atom. The Kier molecular flexibility index (Phi) is 4.08.